The average molecular weight is 365 g/mol. The molecule has 1 unspecified atom stereocenters. The molecule has 3 saturated heterocycles. The van der Waals surface area contributed by atoms with Gasteiger partial charge in [-0.2, -0.15) is 0 Å². The van der Waals surface area contributed by atoms with Crippen LogP contribution in [0.5, 0.6) is 0 Å². The third-order valence-electron chi connectivity index (χ3n) is 6.66. The number of fused-ring (bicyclic) bond motifs is 1. The molecule has 3 aliphatic rings. The third kappa shape index (κ3) is 3.23. The van der Waals surface area contributed by atoms with E-state index in [0.29, 0.717) is 6.04 Å². The van der Waals surface area contributed by atoms with Gasteiger partial charge in [0.05, 0.1) is 17.7 Å². The van der Waals surface area contributed by atoms with Crippen molar-refractivity contribution in [2.45, 2.75) is 43.7 Å². The van der Waals surface area contributed by atoms with Gasteiger partial charge in [0.15, 0.2) is 0 Å². The van der Waals surface area contributed by atoms with E-state index < -0.39 is 0 Å². The summed E-state index contributed by atoms with van der Waals surface area (Å²) < 4.78 is 6.31. The molecule has 1 atom stereocenters. The van der Waals surface area contributed by atoms with Crippen molar-refractivity contribution >= 4 is 16.8 Å². The molecule has 27 heavy (non-hydrogen) atoms. The van der Waals surface area contributed by atoms with Crippen molar-refractivity contribution in [3.05, 3.63) is 42.1 Å². The lowest BCUT2D eigenvalue weighted by Gasteiger charge is -2.39. The van der Waals surface area contributed by atoms with Gasteiger partial charge in [-0.25, -0.2) is 0 Å². The highest BCUT2D eigenvalue weighted by Gasteiger charge is 2.45. The zero-order valence-corrected chi connectivity index (χ0v) is 15.8. The topological polar surface area (TPSA) is 45.7 Å². The van der Waals surface area contributed by atoms with Gasteiger partial charge in [-0.1, -0.05) is 6.07 Å². The molecule has 3 aliphatic heterocycles. The molecule has 142 valence electrons. The number of piperidine rings is 1. The predicted octanol–water partition coefficient (Wildman–Crippen LogP) is 3.09. The normalized spacial score (nSPS) is 25.5. The molecule has 4 heterocycles. The van der Waals surface area contributed by atoms with Crippen LogP contribution < -0.4 is 0 Å². The molecule has 0 bridgehead atoms. The number of amides is 1. The summed E-state index contributed by atoms with van der Waals surface area (Å²) in [6, 6.07) is 10.3. The Labute approximate surface area is 160 Å². The van der Waals surface area contributed by atoms with E-state index in [1.807, 2.05) is 35.2 Å². The van der Waals surface area contributed by atoms with E-state index in [1.54, 1.807) is 6.20 Å². The summed E-state index contributed by atoms with van der Waals surface area (Å²) in [6.07, 6.45) is 7.48. The van der Waals surface area contributed by atoms with Crippen LogP contribution in [0.25, 0.3) is 10.9 Å². The Balaban J connectivity index is 1.24. The van der Waals surface area contributed by atoms with Crippen molar-refractivity contribution in [3.63, 3.8) is 0 Å². The lowest BCUT2D eigenvalue weighted by molar-refractivity contribution is -0.0393. The molecule has 3 fully saturated rings. The van der Waals surface area contributed by atoms with Gasteiger partial charge in [0.25, 0.3) is 5.91 Å². The number of benzene rings is 1. The Kier molecular flexibility index (Phi) is 4.37. The van der Waals surface area contributed by atoms with E-state index in [1.165, 1.54) is 25.9 Å². The van der Waals surface area contributed by atoms with Crippen LogP contribution in [0, 0.1) is 0 Å². The van der Waals surface area contributed by atoms with Crippen LogP contribution in [0.1, 0.15) is 42.5 Å². The van der Waals surface area contributed by atoms with Crippen molar-refractivity contribution in [3.8, 4) is 0 Å². The third-order valence-corrected chi connectivity index (χ3v) is 6.66. The van der Waals surface area contributed by atoms with Gasteiger partial charge in [-0.05, 0) is 69.5 Å². The fourth-order valence-electron chi connectivity index (χ4n) is 5.02. The van der Waals surface area contributed by atoms with Crippen molar-refractivity contribution in [1.82, 2.24) is 14.8 Å². The fourth-order valence-corrected chi connectivity index (χ4v) is 5.02. The Morgan fingerprint density at radius 1 is 1.11 bits per heavy atom. The summed E-state index contributed by atoms with van der Waals surface area (Å²) in [6.45, 7) is 4.90. The quantitative estimate of drug-likeness (QED) is 0.820. The van der Waals surface area contributed by atoms with Gasteiger partial charge in [0.2, 0.25) is 0 Å². The zero-order chi connectivity index (χ0) is 18.3. The molecule has 1 amide bonds. The van der Waals surface area contributed by atoms with Crippen molar-refractivity contribution < 1.29 is 9.53 Å². The molecule has 0 saturated carbocycles. The Bertz CT molecular complexity index is 838. The SMILES string of the molecule is O=C(c1ccc2ncccc2c1)N1CCC2(CC1)CC(N1CCCC1)CO2. The minimum Gasteiger partial charge on any atom is -0.373 e. The molecule has 1 spiro atoms. The number of ether oxygens (including phenoxy) is 1. The fraction of sp³-hybridized carbons (Fsp3) is 0.545. The molecule has 1 aromatic carbocycles. The minimum atomic E-state index is -0.00264. The summed E-state index contributed by atoms with van der Waals surface area (Å²) in [7, 11) is 0. The molecular weight excluding hydrogens is 338 g/mol. The molecule has 2 aromatic rings. The van der Waals surface area contributed by atoms with E-state index in [9.17, 15) is 4.79 Å². The number of pyridine rings is 1. The summed E-state index contributed by atoms with van der Waals surface area (Å²) in [5.74, 6) is 0.129. The predicted molar refractivity (Wildman–Crippen MR) is 105 cm³/mol. The number of nitrogens with zero attached hydrogens (tertiary/aromatic N) is 3. The van der Waals surface area contributed by atoms with Crippen molar-refractivity contribution in [1.29, 1.82) is 0 Å². The van der Waals surface area contributed by atoms with Crippen LogP contribution >= 0.6 is 0 Å². The number of likely N-dealkylation sites (tertiary alicyclic amines) is 2. The van der Waals surface area contributed by atoms with Gasteiger partial charge < -0.3 is 9.64 Å². The molecule has 1 aromatic heterocycles. The van der Waals surface area contributed by atoms with Crippen LogP contribution in [-0.2, 0) is 4.74 Å². The number of aromatic nitrogens is 1. The molecule has 0 N–H and O–H groups in total. The Hall–Kier alpha value is -1.98. The standard InChI is InChI=1S/C22H27N3O2/c26-21(18-5-6-20-17(14-18)4-3-9-23-20)25-12-7-22(8-13-25)15-19(16-27-22)24-10-1-2-11-24/h3-6,9,14,19H,1-2,7-8,10-13,15-16H2. The molecule has 5 rings (SSSR count). The van der Waals surface area contributed by atoms with Crippen LogP contribution in [0.15, 0.2) is 36.5 Å². The largest absolute Gasteiger partial charge is 0.373 e. The zero-order valence-electron chi connectivity index (χ0n) is 15.8. The summed E-state index contributed by atoms with van der Waals surface area (Å²) in [5, 5.41) is 1.02. The maximum Gasteiger partial charge on any atom is 0.253 e. The van der Waals surface area contributed by atoms with Crippen LogP contribution in [0.3, 0.4) is 0 Å². The molecule has 5 nitrogen and oxygen atoms in total. The summed E-state index contributed by atoms with van der Waals surface area (Å²) >= 11 is 0. The maximum absolute atomic E-state index is 13.0. The Morgan fingerprint density at radius 2 is 1.93 bits per heavy atom. The Morgan fingerprint density at radius 3 is 2.74 bits per heavy atom. The monoisotopic (exact) mass is 365 g/mol. The first-order valence-electron chi connectivity index (χ1n) is 10.2. The number of hydrogen-bond acceptors (Lipinski definition) is 4. The van der Waals surface area contributed by atoms with Crippen LogP contribution in [-0.4, -0.2) is 65.1 Å². The first kappa shape index (κ1) is 17.1. The van der Waals surface area contributed by atoms with Crippen molar-refractivity contribution in [2.75, 3.05) is 32.8 Å². The number of hydrogen-bond donors (Lipinski definition) is 0. The van der Waals surface area contributed by atoms with Gasteiger partial charge in [-0.3, -0.25) is 14.7 Å². The lowest BCUT2D eigenvalue weighted by Crippen LogP contribution is -2.47. The number of carbonyl (C=O) groups is 1. The first-order valence-corrected chi connectivity index (χ1v) is 10.2. The summed E-state index contributed by atoms with van der Waals surface area (Å²) in [5.41, 5.74) is 1.69. The summed E-state index contributed by atoms with van der Waals surface area (Å²) in [4.78, 5) is 21.9. The number of rotatable bonds is 2. The highest BCUT2D eigenvalue weighted by molar-refractivity contribution is 5.98. The smallest absolute Gasteiger partial charge is 0.253 e. The van der Waals surface area contributed by atoms with E-state index in [2.05, 4.69) is 9.88 Å². The molecular formula is C22H27N3O2. The lowest BCUT2D eigenvalue weighted by atomic mass is 9.87. The van der Waals surface area contributed by atoms with Gasteiger partial charge >= 0.3 is 0 Å². The van der Waals surface area contributed by atoms with Crippen LogP contribution in [0.4, 0.5) is 0 Å². The van der Waals surface area contributed by atoms with Crippen LogP contribution in [0.2, 0.25) is 0 Å². The number of carbonyl (C=O) groups excluding carboxylic acids is 1. The molecule has 0 aliphatic carbocycles. The second-order valence-corrected chi connectivity index (χ2v) is 8.30. The van der Waals surface area contributed by atoms with Gasteiger partial charge in [0.1, 0.15) is 0 Å². The van der Waals surface area contributed by atoms with E-state index in [-0.39, 0.29) is 11.5 Å². The highest BCUT2D eigenvalue weighted by Crippen LogP contribution is 2.38. The van der Waals surface area contributed by atoms with E-state index >= 15 is 0 Å². The highest BCUT2D eigenvalue weighted by atomic mass is 16.5. The second-order valence-electron chi connectivity index (χ2n) is 8.30. The first-order chi connectivity index (χ1) is 13.2. The minimum absolute atomic E-state index is 0.00264. The van der Waals surface area contributed by atoms with Gasteiger partial charge in [0, 0.05) is 36.3 Å². The average Bonchev–Trinajstić information content (AvgIpc) is 3.38. The van der Waals surface area contributed by atoms with E-state index in [4.69, 9.17) is 4.74 Å². The second kappa shape index (κ2) is 6.88. The van der Waals surface area contributed by atoms with Gasteiger partial charge in [-0.15, -0.1) is 0 Å². The maximum atomic E-state index is 13.0. The van der Waals surface area contributed by atoms with E-state index in [0.717, 1.165) is 55.4 Å². The van der Waals surface area contributed by atoms with Crippen molar-refractivity contribution in [2.24, 2.45) is 0 Å². The molecule has 0 radical (unpaired) electrons. The molecule has 5 heteroatoms.